The molecule has 0 aliphatic rings. The Morgan fingerprint density at radius 2 is 1.79 bits per heavy atom. The van der Waals surface area contributed by atoms with E-state index in [1.807, 2.05) is 0 Å². The Morgan fingerprint density at radius 3 is 2.32 bits per heavy atom. The van der Waals surface area contributed by atoms with Crippen LogP contribution in [0.5, 0.6) is 0 Å². The normalized spacial score (nSPS) is 14.3. The summed E-state index contributed by atoms with van der Waals surface area (Å²) in [5.41, 5.74) is 2.71. The van der Waals surface area contributed by atoms with Crippen molar-refractivity contribution >= 4 is 0 Å². The van der Waals surface area contributed by atoms with Gasteiger partial charge < -0.3 is 10.1 Å². The molecule has 19 heavy (non-hydrogen) atoms. The molecular formula is C17H29NO. The molecule has 0 aromatic heterocycles. The summed E-state index contributed by atoms with van der Waals surface area (Å²) in [7, 11) is 0. The second-order valence-electron chi connectivity index (χ2n) is 5.14. The first-order valence-electron chi connectivity index (χ1n) is 7.65. The zero-order valence-electron chi connectivity index (χ0n) is 12.9. The predicted molar refractivity (Wildman–Crippen MR) is 82.6 cm³/mol. The summed E-state index contributed by atoms with van der Waals surface area (Å²) < 4.78 is 5.95. The Bertz CT molecular complexity index is 334. The number of benzene rings is 1. The van der Waals surface area contributed by atoms with E-state index in [2.05, 4.69) is 57.3 Å². The molecule has 1 rings (SSSR count). The molecule has 0 aliphatic heterocycles. The molecule has 1 aromatic carbocycles. The van der Waals surface area contributed by atoms with Gasteiger partial charge in [0, 0.05) is 0 Å². The van der Waals surface area contributed by atoms with Crippen molar-refractivity contribution in [2.45, 2.75) is 59.1 Å². The lowest BCUT2D eigenvalue weighted by atomic mass is 10.0. The second kappa shape index (κ2) is 9.11. The third-order valence-electron chi connectivity index (χ3n) is 3.48. The van der Waals surface area contributed by atoms with Crippen molar-refractivity contribution in [1.29, 1.82) is 0 Å². The highest BCUT2D eigenvalue weighted by Gasteiger charge is 2.12. The molecule has 0 bridgehead atoms. The second-order valence-corrected chi connectivity index (χ2v) is 5.14. The van der Waals surface area contributed by atoms with E-state index in [9.17, 15) is 0 Å². The van der Waals surface area contributed by atoms with Crippen LogP contribution < -0.4 is 5.32 Å². The molecule has 0 saturated heterocycles. The summed E-state index contributed by atoms with van der Waals surface area (Å²) in [6.45, 7) is 10.4. The molecule has 108 valence electrons. The van der Waals surface area contributed by atoms with Crippen molar-refractivity contribution < 1.29 is 4.74 Å². The highest BCUT2D eigenvalue weighted by atomic mass is 16.5. The van der Waals surface area contributed by atoms with Crippen LogP contribution in [0.1, 0.15) is 57.7 Å². The van der Waals surface area contributed by atoms with Crippen LogP contribution in [0.4, 0.5) is 0 Å². The number of rotatable bonds is 9. The maximum absolute atomic E-state index is 5.95. The summed E-state index contributed by atoms with van der Waals surface area (Å²) in [5.74, 6) is 0. The Hall–Kier alpha value is -0.860. The lowest BCUT2D eigenvalue weighted by Gasteiger charge is -2.21. The van der Waals surface area contributed by atoms with Crippen LogP contribution in [0, 0.1) is 0 Å². The number of aryl methyl sites for hydroxylation is 1. The number of ether oxygens (including phenoxy) is 1. The van der Waals surface area contributed by atoms with Crippen molar-refractivity contribution in [3.8, 4) is 0 Å². The zero-order valence-corrected chi connectivity index (χ0v) is 12.9. The van der Waals surface area contributed by atoms with Gasteiger partial charge in [0.05, 0.1) is 18.8 Å². The standard InChI is InChI=1S/C17H29NO/c1-5-8-14(4)19-13-17(18-7-3)16-11-9-15(6-2)10-12-16/h9-12,14,17-18H,5-8,13H2,1-4H3. The van der Waals surface area contributed by atoms with Gasteiger partial charge in [-0.1, -0.05) is 51.5 Å². The molecule has 2 atom stereocenters. The summed E-state index contributed by atoms with van der Waals surface area (Å²) in [4.78, 5) is 0. The van der Waals surface area contributed by atoms with Gasteiger partial charge >= 0.3 is 0 Å². The van der Waals surface area contributed by atoms with Crippen LogP contribution in [0.15, 0.2) is 24.3 Å². The first-order valence-corrected chi connectivity index (χ1v) is 7.65. The quantitative estimate of drug-likeness (QED) is 0.724. The third kappa shape index (κ3) is 5.75. The molecule has 1 N–H and O–H groups in total. The molecular weight excluding hydrogens is 234 g/mol. The van der Waals surface area contributed by atoms with Crippen LogP contribution in [0.2, 0.25) is 0 Å². The molecule has 1 aromatic rings. The predicted octanol–water partition coefficient (Wildman–Crippen LogP) is 4.10. The fraction of sp³-hybridized carbons (Fsp3) is 0.647. The number of hydrogen-bond acceptors (Lipinski definition) is 2. The smallest absolute Gasteiger partial charge is 0.0665 e. The number of hydrogen-bond donors (Lipinski definition) is 1. The molecule has 0 spiro atoms. The molecule has 2 unspecified atom stereocenters. The minimum Gasteiger partial charge on any atom is -0.377 e. The van der Waals surface area contributed by atoms with Crippen molar-refractivity contribution in [3.63, 3.8) is 0 Å². The SMILES string of the molecule is CCCC(C)OCC(NCC)c1ccc(CC)cc1. The first-order chi connectivity index (χ1) is 9.21. The molecule has 0 aliphatic carbocycles. The molecule has 2 nitrogen and oxygen atoms in total. The molecule has 0 radical (unpaired) electrons. The van der Waals surface area contributed by atoms with E-state index < -0.39 is 0 Å². The van der Waals surface area contributed by atoms with Crippen molar-refractivity contribution in [2.75, 3.05) is 13.2 Å². The van der Waals surface area contributed by atoms with Crippen molar-refractivity contribution in [2.24, 2.45) is 0 Å². The molecule has 0 fully saturated rings. The van der Waals surface area contributed by atoms with E-state index in [4.69, 9.17) is 4.74 Å². The van der Waals surface area contributed by atoms with E-state index >= 15 is 0 Å². The highest BCUT2D eigenvalue weighted by molar-refractivity contribution is 5.25. The average molecular weight is 263 g/mol. The highest BCUT2D eigenvalue weighted by Crippen LogP contribution is 2.16. The van der Waals surface area contributed by atoms with Crippen LogP contribution >= 0.6 is 0 Å². The average Bonchev–Trinajstić information content (AvgIpc) is 2.44. The monoisotopic (exact) mass is 263 g/mol. The van der Waals surface area contributed by atoms with Gasteiger partial charge in [0.25, 0.3) is 0 Å². The van der Waals surface area contributed by atoms with Crippen LogP contribution in [0.25, 0.3) is 0 Å². The molecule has 0 amide bonds. The van der Waals surface area contributed by atoms with Gasteiger partial charge in [0.1, 0.15) is 0 Å². The lowest BCUT2D eigenvalue weighted by Crippen LogP contribution is -2.27. The van der Waals surface area contributed by atoms with E-state index in [-0.39, 0.29) is 0 Å². The van der Waals surface area contributed by atoms with Gasteiger partial charge in [-0.05, 0) is 37.4 Å². The summed E-state index contributed by atoms with van der Waals surface area (Å²) in [6, 6.07) is 9.18. The summed E-state index contributed by atoms with van der Waals surface area (Å²) in [6.07, 6.45) is 3.75. The largest absolute Gasteiger partial charge is 0.377 e. The molecule has 0 saturated carbocycles. The van der Waals surface area contributed by atoms with Crippen LogP contribution in [0.3, 0.4) is 0 Å². The Morgan fingerprint density at radius 1 is 1.11 bits per heavy atom. The van der Waals surface area contributed by atoms with Gasteiger partial charge in [-0.3, -0.25) is 0 Å². The van der Waals surface area contributed by atoms with E-state index in [0.717, 1.165) is 26.0 Å². The number of nitrogens with one attached hydrogen (secondary N) is 1. The number of likely N-dealkylation sites (N-methyl/N-ethyl adjacent to an activating group) is 1. The topological polar surface area (TPSA) is 21.3 Å². The lowest BCUT2D eigenvalue weighted by molar-refractivity contribution is 0.0442. The van der Waals surface area contributed by atoms with Crippen LogP contribution in [-0.2, 0) is 11.2 Å². The van der Waals surface area contributed by atoms with Crippen molar-refractivity contribution in [1.82, 2.24) is 5.32 Å². The maximum atomic E-state index is 5.95. The van der Waals surface area contributed by atoms with Gasteiger partial charge in [0.2, 0.25) is 0 Å². The maximum Gasteiger partial charge on any atom is 0.0665 e. The molecule has 2 heteroatoms. The first kappa shape index (κ1) is 16.2. The van der Waals surface area contributed by atoms with Gasteiger partial charge in [-0.25, -0.2) is 0 Å². The zero-order chi connectivity index (χ0) is 14.1. The Kier molecular flexibility index (Phi) is 7.76. The summed E-state index contributed by atoms with van der Waals surface area (Å²) in [5, 5.41) is 3.51. The Labute approximate surface area is 118 Å². The van der Waals surface area contributed by atoms with Gasteiger partial charge in [-0.2, -0.15) is 0 Å². The fourth-order valence-electron chi connectivity index (χ4n) is 2.26. The summed E-state index contributed by atoms with van der Waals surface area (Å²) >= 11 is 0. The fourth-order valence-corrected chi connectivity index (χ4v) is 2.26. The minimum atomic E-state index is 0.301. The van der Waals surface area contributed by atoms with E-state index in [1.165, 1.54) is 17.5 Å². The van der Waals surface area contributed by atoms with Crippen molar-refractivity contribution in [3.05, 3.63) is 35.4 Å². The minimum absolute atomic E-state index is 0.301. The van der Waals surface area contributed by atoms with Crippen LogP contribution in [-0.4, -0.2) is 19.3 Å². The van der Waals surface area contributed by atoms with E-state index in [0.29, 0.717) is 12.1 Å². The van der Waals surface area contributed by atoms with Gasteiger partial charge in [0.15, 0.2) is 0 Å². The third-order valence-corrected chi connectivity index (χ3v) is 3.48. The van der Waals surface area contributed by atoms with Gasteiger partial charge in [-0.15, -0.1) is 0 Å². The van der Waals surface area contributed by atoms with E-state index in [1.54, 1.807) is 0 Å². The molecule has 0 heterocycles. The Balaban J connectivity index is 2.59.